The van der Waals surface area contributed by atoms with E-state index in [9.17, 15) is 35.1 Å². The van der Waals surface area contributed by atoms with Gasteiger partial charge in [0.15, 0.2) is 12.4 Å². The zero-order valence-electron chi connectivity index (χ0n) is 55.4. The second kappa shape index (κ2) is 62.1. The Hall–Kier alpha value is -3.16. The number of rotatable bonds is 61. The van der Waals surface area contributed by atoms with Crippen LogP contribution in [-0.4, -0.2) is 99.6 Å². The summed E-state index contributed by atoms with van der Waals surface area (Å²) in [5, 5.41) is 57.2. The molecule has 1 aliphatic rings. The topological polar surface area (TPSA) is 175 Å². The Morgan fingerprint density at radius 3 is 1.22 bits per heavy atom. The SMILES string of the molecule is CCCCC/C=C\C/C=C\C/C=C\C/C=C\CCCCCCC(O)C(=O)NC(COC1OC(CO)C(O)C(O)C1OC(=O)CCCCCCCCCCCCCCCCC/C=C\C/C=C\CCCCC)C(O)/C=C/CCCCCCCCCCCC. The number of aliphatic hydroxyl groups is 5. The van der Waals surface area contributed by atoms with Gasteiger partial charge in [-0.2, -0.15) is 0 Å². The van der Waals surface area contributed by atoms with Gasteiger partial charge in [-0.15, -0.1) is 0 Å². The van der Waals surface area contributed by atoms with E-state index in [2.05, 4.69) is 99.0 Å². The van der Waals surface area contributed by atoms with Gasteiger partial charge >= 0.3 is 5.97 Å². The third-order valence-corrected chi connectivity index (χ3v) is 16.5. The number of amides is 1. The normalized spacial score (nSPS) is 18.8. The van der Waals surface area contributed by atoms with Crippen molar-refractivity contribution in [2.24, 2.45) is 0 Å². The van der Waals surface area contributed by atoms with Crippen molar-refractivity contribution < 1.29 is 49.3 Å². The fraction of sp³-hybridized carbons (Fsp3) is 0.787. The second-order valence-corrected chi connectivity index (χ2v) is 24.6. The minimum atomic E-state index is -1.62. The van der Waals surface area contributed by atoms with Crippen LogP contribution < -0.4 is 5.32 Å². The number of nitrogens with one attached hydrogen (secondary N) is 1. The van der Waals surface area contributed by atoms with Crippen molar-refractivity contribution in [1.82, 2.24) is 5.32 Å². The summed E-state index contributed by atoms with van der Waals surface area (Å²) < 4.78 is 17.7. The van der Waals surface area contributed by atoms with Gasteiger partial charge < -0.3 is 45.1 Å². The molecule has 11 heteroatoms. The molecule has 86 heavy (non-hydrogen) atoms. The number of unbranched alkanes of at least 4 members (excludes halogenated alkanes) is 35. The lowest BCUT2D eigenvalue weighted by atomic mass is 9.99. The number of hydrogen-bond acceptors (Lipinski definition) is 10. The van der Waals surface area contributed by atoms with E-state index >= 15 is 0 Å². The van der Waals surface area contributed by atoms with E-state index in [1.54, 1.807) is 6.08 Å². The lowest BCUT2D eigenvalue weighted by Crippen LogP contribution is -2.61. The number of carbonyl (C=O) groups excluding carboxylic acids is 2. The largest absolute Gasteiger partial charge is 0.454 e. The minimum Gasteiger partial charge on any atom is -0.454 e. The van der Waals surface area contributed by atoms with Crippen LogP contribution in [0.15, 0.2) is 85.1 Å². The molecule has 0 aliphatic carbocycles. The molecule has 498 valence electrons. The van der Waals surface area contributed by atoms with Crippen molar-refractivity contribution in [2.75, 3.05) is 13.2 Å². The molecule has 0 bridgehead atoms. The zero-order chi connectivity index (χ0) is 62.4. The maximum absolute atomic E-state index is 13.5. The fourth-order valence-electron chi connectivity index (χ4n) is 10.8. The predicted octanol–water partition coefficient (Wildman–Crippen LogP) is 18.5. The van der Waals surface area contributed by atoms with Crippen LogP contribution >= 0.6 is 0 Å². The molecule has 0 aromatic carbocycles. The third kappa shape index (κ3) is 48.7. The van der Waals surface area contributed by atoms with Crippen molar-refractivity contribution in [3.05, 3.63) is 85.1 Å². The van der Waals surface area contributed by atoms with Crippen LogP contribution in [0.25, 0.3) is 0 Å². The molecule has 0 spiro atoms. The number of esters is 1. The summed E-state index contributed by atoms with van der Waals surface area (Å²) in [5.74, 6) is -1.21. The minimum absolute atomic E-state index is 0.119. The highest BCUT2D eigenvalue weighted by Gasteiger charge is 2.47. The fourth-order valence-corrected chi connectivity index (χ4v) is 10.8. The summed E-state index contributed by atoms with van der Waals surface area (Å²) in [4.78, 5) is 26.7. The molecule has 1 rings (SSSR count). The average Bonchev–Trinajstić information content (AvgIpc) is 3.30. The summed E-state index contributed by atoms with van der Waals surface area (Å²) in [6.07, 6.45) is 71.9. The maximum atomic E-state index is 13.5. The van der Waals surface area contributed by atoms with E-state index in [0.29, 0.717) is 12.8 Å². The first kappa shape index (κ1) is 80.9. The zero-order valence-corrected chi connectivity index (χ0v) is 55.4. The van der Waals surface area contributed by atoms with Crippen molar-refractivity contribution in [1.29, 1.82) is 0 Å². The summed E-state index contributed by atoms with van der Waals surface area (Å²) in [5.41, 5.74) is 0. The van der Waals surface area contributed by atoms with Gasteiger partial charge in [0, 0.05) is 6.42 Å². The molecule has 0 radical (unpaired) electrons. The van der Waals surface area contributed by atoms with E-state index in [0.717, 1.165) is 89.9 Å². The summed E-state index contributed by atoms with van der Waals surface area (Å²) >= 11 is 0. The van der Waals surface area contributed by atoms with Crippen LogP contribution in [0.2, 0.25) is 0 Å². The van der Waals surface area contributed by atoms with E-state index in [1.165, 1.54) is 180 Å². The van der Waals surface area contributed by atoms with Gasteiger partial charge in [-0.1, -0.05) is 292 Å². The van der Waals surface area contributed by atoms with Crippen molar-refractivity contribution in [3.8, 4) is 0 Å². The maximum Gasteiger partial charge on any atom is 0.306 e. The highest BCUT2D eigenvalue weighted by molar-refractivity contribution is 5.80. The number of hydrogen-bond donors (Lipinski definition) is 6. The number of carbonyl (C=O) groups is 2. The molecule has 1 heterocycles. The molecule has 0 aromatic heterocycles. The first-order valence-corrected chi connectivity index (χ1v) is 35.9. The first-order valence-electron chi connectivity index (χ1n) is 35.9. The average molecular weight is 1210 g/mol. The van der Waals surface area contributed by atoms with E-state index in [1.807, 2.05) is 6.08 Å². The number of aliphatic hydroxyl groups excluding tert-OH is 5. The summed E-state index contributed by atoms with van der Waals surface area (Å²) in [7, 11) is 0. The Bertz CT molecular complexity index is 1720. The number of ether oxygens (including phenoxy) is 3. The molecule has 0 aromatic rings. The number of allylic oxidation sites excluding steroid dienone is 13. The standard InChI is InChI=1S/C75H133NO10/c1-4-7-10-13-16-19-22-25-27-29-31-33-34-35-36-37-39-41-43-45-48-51-54-57-60-63-70(80)86-73-72(82)71(81)69(64-77)85-75(73)84-65-66(67(78)61-58-55-52-49-46-24-21-18-15-12-9-6-3)76-74(83)68(79)62-59-56-53-50-47-44-42-40-38-32-30-28-26-23-20-17-14-11-8-5-2/h16-17,19-20,25-28,32,38,42,44,58,61,66-69,71-73,75,77-79,81-82H,4-15,18,21-24,29-31,33-37,39-41,43,45-57,59-60,62-65H2,1-3H3,(H,76,83)/b19-16-,20-17-,27-25-,28-26-,38-32-,44-42-,61-58+. The van der Waals surface area contributed by atoms with Crippen molar-refractivity contribution in [2.45, 2.75) is 365 Å². The Morgan fingerprint density at radius 1 is 0.453 bits per heavy atom. The Kier molecular flexibility index (Phi) is 58.3. The summed E-state index contributed by atoms with van der Waals surface area (Å²) in [6, 6.07) is -1.04. The molecule has 11 nitrogen and oxygen atoms in total. The predicted molar refractivity (Wildman–Crippen MR) is 361 cm³/mol. The van der Waals surface area contributed by atoms with Crippen LogP contribution in [0.1, 0.15) is 316 Å². The van der Waals surface area contributed by atoms with Gasteiger partial charge in [-0.25, -0.2) is 0 Å². The molecule has 1 aliphatic heterocycles. The Morgan fingerprint density at radius 2 is 0.802 bits per heavy atom. The molecule has 1 fully saturated rings. The molecular weight excluding hydrogens is 1070 g/mol. The van der Waals surface area contributed by atoms with Crippen LogP contribution in [0, 0.1) is 0 Å². The van der Waals surface area contributed by atoms with Crippen molar-refractivity contribution >= 4 is 11.9 Å². The second-order valence-electron chi connectivity index (χ2n) is 24.6. The first-order chi connectivity index (χ1) is 42.2. The van der Waals surface area contributed by atoms with Crippen molar-refractivity contribution in [3.63, 3.8) is 0 Å². The van der Waals surface area contributed by atoms with Crippen LogP contribution in [0.3, 0.4) is 0 Å². The molecular formula is C75H133NO10. The lowest BCUT2D eigenvalue weighted by Gasteiger charge is -2.41. The van der Waals surface area contributed by atoms with Crippen LogP contribution in [0.5, 0.6) is 0 Å². The smallest absolute Gasteiger partial charge is 0.306 e. The molecule has 6 N–H and O–H groups in total. The molecule has 8 atom stereocenters. The Labute approximate surface area is 527 Å². The van der Waals surface area contributed by atoms with Crippen LogP contribution in [-0.2, 0) is 23.8 Å². The van der Waals surface area contributed by atoms with Gasteiger partial charge in [0.05, 0.1) is 25.4 Å². The van der Waals surface area contributed by atoms with E-state index < -0.39 is 67.4 Å². The van der Waals surface area contributed by atoms with E-state index in [4.69, 9.17) is 14.2 Å². The van der Waals surface area contributed by atoms with Crippen LogP contribution in [0.4, 0.5) is 0 Å². The molecule has 0 saturated carbocycles. The van der Waals surface area contributed by atoms with Gasteiger partial charge in [0.1, 0.15) is 24.4 Å². The third-order valence-electron chi connectivity index (χ3n) is 16.5. The lowest BCUT2D eigenvalue weighted by molar-refractivity contribution is -0.305. The quantitative estimate of drug-likeness (QED) is 0.0195. The van der Waals surface area contributed by atoms with Gasteiger partial charge in [0.2, 0.25) is 5.91 Å². The highest BCUT2D eigenvalue weighted by Crippen LogP contribution is 2.26. The van der Waals surface area contributed by atoms with Gasteiger partial charge in [0.25, 0.3) is 0 Å². The van der Waals surface area contributed by atoms with Gasteiger partial charge in [-0.3, -0.25) is 9.59 Å². The highest BCUT2D eigenvalue weighted by atomic mass is 16.7. The molecule has 1 saturated heterocycles. The van der Waals surface area contributed by atoms with E-state index in [-0.39, 0.29) is 19.4 Å². The molecule has 1 amide bonds. The summed E-state index contributed by atoms with van der Waals surface area (Å²) in [6.45, 7) is 5.75. The monoisotopic (exact) mass is 1210 g/mol. The Balaban J connectivity index is 2.58. The molecule has 8 unspecified atom stereocenters. The van der Waals surface area contributed by atoms with Gasteiger partial charge in [-0.05, 0) is 103 Å².